The van der Waals surface area contributed by atoms with Gasteiger partial charge in [0.05, 0.1) is 16.9 Å². The topological polar surface area (TPSA) is 117 Å². The van der Waals surface area contributed by atoms with E-state index >= 15 is 0 Å². The Morgan fingerprint density at radius 1 is 1.03 bits per heavy atom. The fraction of sp³-hybridized carbons (Fsp3) is 0.0435. The molecule has 0 saturated heterocycles. The lowest BCUT2D eigenvalue weighted by atomic mass is 10.1. The minimum absolute atomic E-state index is 0.136. The number of amides is 2. The Bertz CT molecular complexity index is 1350. The number of H-pyrrole nitrogens is 1. The molecular weight excluding hydrogens is 463 g/mol. The number of nitrogens with one attached hydrogen (secondary N) is 3. The van der Waals surface area contributed by atoms with Crippen LogP contribution in [-0.4, -0.2) is 21.9 Å². The number of nitrogens with zero attached hydrogens (tertiary/aromatic N) is 2. The number of anilines is 1. The third-order valence-corrected chi connectivity index (χ3v) is 5.45. The lowest BCUT2D eigenvalue weighted by Gasteiger charge is -2.13. The van der Waals surface area contributed by atoms with Crippen LogP contribution in [0.25, 0.3) is 17.1 Å². The highest BCUT2D eigenvalue weighted by Gasteiger charge is 2.27. The van der Waals surface area contributed by atoms with E-state index in [2.05, 4.69) is 20.8 Å². The van der Waals surface area contributed by atoms with E-state index in [1.54, 1.807) is 37.4 Å². The van der Waals surface area contributed by atoms with Gasteiger partial charge in [0.2, 0.25) is 5.69 Å². The monoisotopic (exact) mass is 481 g/mol. The summed E-state index contributed by atoms with van der Waals surface area (Å²) in [5.74, 6) is 4.58. The second kappa shape index (κ2) is 9.41. The molecule has 0 atom stereocenters. The first-order chi connectivity index (χ1) is 15.9. The molecule has 166 valence electrons. The molecule has 0 saturated carbocycles. The van der Waals surface area contributed by atoms with Gasteiger partial charge in [0, 0.05) is 16.7 Å². The van der Waals surface area contributed by atoms with Crippen molar-refractivity contribution < 1.29 is 14.3 Å². The van der Waals surface area contributed by atoms with Gasteiger partial charge < -0.3 is 5.32 Å². The highest BCUT2D eigenvalue weighted by atomic mass is 35.5. The number of nitrogen functional groups attached to an aromatic ring is 1. The summed E-state index contributed by atoms with van der Waals surface area (Å²) in [5.41, 5.74) is 4.85. The molecule has 0 fully saturated rings. The Labute approximate surface area is 199 Å². The van der Waals surface area contributed by atoms with Crippen molar-refractivity contribution >= 4 is 40.7 Å². The molecule has 0 aliphatic rings. The second-order valence-electron chi connectivity index (χ2n) is 7.14. The number of benzene rings is 2. The number of hydrogen-bond donors (Lipinski definition) is 4. The fourth-order valence-corrected chi connectivity index (χ4v) is 3.88. The summed E-state index contributed by atoms with van der Waals surface area (Å²) >= 11 is 12.5. The normalized spacial score (nSPS) is 10.7. The summed E-state index contributed by atoms with van der Waals surface area (Å²) in [6.07, 6.45) is 1.58. The first-order valence-electron chi connectivity index (χ1n) is 9.83. The molecule has 2 aromatic heterocycles. The standard InChI is InChI=1S/C23H18Cl2N6O2/c1-13-10-15(24)11-16(22(32)29-26)20(13)28-23(33)19-12-18(14-6-3-2-4-7-14)30-31(19)21-17(25)8-5-9-27-21/h2-12H,1H3,(H4,26,28,29,30,32,33)/p+1. The van der Waals surface area contributed by atoms with E-state index in [1.807, 2.05) is 30.3 Å². The molecule has 5 N–H and O–H groups in total. The van der Waals surface area contributed by atoms with Gasteiger partial charge >= 0.3 is 5.82 Å². The van der Waals surface area contributed by atoms with Crippen molar-refractivity contribution in [1.29, 1.82) is 0 Å². The molecule has 2 amide bonds. The Balaban J connectivity index is 1.82. The summed E-state index contributed by atoms with van der Waals surface area (Å²) in [6, 6.07) is 17.6. The van der Waals surface area contributed by atoms with Crippen LogP contribution in [0.1, 0.15) is 26.4 Å². The van der Waals surface area contributed by atoms with Gasteiger partial charge in [-0.1, -0.05) is 53.5 Å². The lowest BCUT2D eigenvalue weighted by molar-refractivity contribution is -0.659. The smallest absolute Gasteiger partial charge is 0.318 e. The van der Waals surface area contributed by atoms with Gasteiger partial charge in [-0.3, -0.25) is 15.0 Å². The second-order valence-corrected chi connectivity index (χ2v) is 7.98. The van der Waals surface area contributed by atoms with E-state index in [4.69, 9.17) is 29.0 Å². The quantitative estimate of drug-likeness (QED) is 0.150. The van der Waals surface area contributed by atoms with Gasteiger partial charge in [0.15, 0.2) is 0 Å². The number of pyridine rings is 1. The van der Waals surface area contributed by atoms with Crippen molar-refractivity contribution in [2.75, 3.05) is 5.32 Å². The number of aromatic nitrogens is 3. The zero-order chi connectivity index (χ0) is 23.5. The maximum absolute atomic E-state index is 13.4. The number of rotatable bonds is 5. The van der Waals surface area contributed by atoms with E-state index in [-0.39, 0.29) is 16.9 Å². The highest BCUT2D eigenvalue weighted by molar-refractivity contribution is 6.32. The Hall–Kier alpha value is -3.72. The highest BCUT2D eigenvalue weighted by Crippen LogP contribution is 2.27. The molecule has 4 aromatic rings. The minimum Gasteiger partial charge on any atom is -0.318 e. The van der Waals surface area contributed by atoms with E-state index < -0.39 is 11.8 Å². The number of hydrogen-bond acceptors (Lipinski definition) is 4. The number of aryl methyl sites for hydroxylation is 1. The van der Waals surface area contributed by atoms with Crippen LogP contribution in [0.5, 0.6) is 0 Å². The van der Waals surface area contributed by atoms with Crippen LogP contribution in [0.3, 0.4) is 0 Å². The zero-order valence-corrected chi connectivity index (χ0v) is 18.9. The maximum Gasteiger partial charge on any atom is 0.365 e. The fourth-order valence-electron chi connectivity index (χ4n) is 3.40. The third-order valence-electron chi connectivity index (χ3n) is 4.94. The van der Waals surface area contributed by atoms with Gasteiger partial charge in [-0.2, -0.15) is 0 Å². The SMILES string of the molecule is Cc1cc(Cl)cc(C(=O)NN)c1NC(=O)c1cc(-c2ccccc2)[nH][n+]1-c1ncccc1Cl. The number of carbonyl (C=O) groups is 2. The molecule has 10 heteroatoms. The van der Waals surface area contributed by atoms with Crippen molar-refractivity contribution in [3.8, 4) is 17.1 Å². The minimum atomic E-state index is -0.587. The first-order valence-corrected chi connectivity index (χ1v) is 10.6. The Kier molecular flexibility index (Phi) is 6.41. The average molecular weight is 482 g/mol. The predicted molar refractivity (Wildman–Crippen MR) is 126 cm³/mol. The number of nitrogens with two attached hydrogens (primary N) is 1. The van der Waals surface area contributed by atoms with Gasteiger partial charge in [-0.05, 0) is 41.7 Å². The Morgan fingerprint density at radius 3 is 2.48 bits per heavy atom. The summed E-state index contributed by atoms with van der Waals surface area (Å²) in [6.45, 7) is 1.73. The summed E-state index contributed by atoms with van der Waals surface area (Å²) in [4.78, 5) is 30.1. The van der Waals surface area contributed by atoms with Crippen LogP contribution in [-0.2, 0) is 0 Å². The van der Waals surface area contributed by atoms with Crippen LogP contribution >= 0.6 is 23.2 Å². The van der Waals surface area contributed by atoms with Crippen molar-refractivity contribution in [2.24, 2.45) is 5.84 Å². The average Bonchev–Trinajstić information content (AvgIpc) is 3.26. The summed E-state index contributed by atoms with van der Waals surface area (Å²) < 4.78 is 1.49. The molecule has 0 aliphatic heterocycles. The summed E-state index contributed by atoms with van der Waals surface area (Å²) in [7, 11) is 0. The largest absolute Gasteiger partial charge is 0.365 e. The predicted octanol–water partition coefficient (Wildman–Crippen LogP) is 3.82. The van der Waals surface area contributed by atoms with E-state index in [9.17, 15) is 9.59 Å². The van der Waals surface area contributed by atoms with Crippen LogP contribution in [0.15, 0.2) is 66.9 Å². The van der Waals surface area contributed by atoms with Crippen molar-refractivity contribution in [3.63, 3.8) is 0 Å². The van der Waals surface area contributed by atoms with Gasteiger partial charge in [0.1, 0.15) is 11.2 Å². The van der Waals surface area contributed by atoms with E-state index in [0.29, 0.717) is 27.1 Å². The van der Waals surface area contributed by atoms with Gasteiger partial charge in [0.25, 0.3) is 11.8 Å². The van der Waals surface area contributed by atoms with Crippen LogP contribution < -0.4 is 21.3 Å². The van der Waals surface area contributed by atoms with Crippen molar-refractivity contribution in [1.82, 2.24) is 15.5 Å². The molecule has 2 aromatic carbocycles. The third kappa shape index (κ3) is 4.58. The molecule has 4 rings (SSSR count). The number of carbonyl (C=O) groups excluding carboxylic acids is 2. The van der Waals surface area contributed by atoms with Gasteiger partial charge in [-0.25, -0.2) is 10.9 Å². The van der Waals surface area contributed by atoms with Crippen LogP contribution in [0, 0.1) is 6.92 Å². The molecule has 0 radical (unpaired) electrons. The lowest BCUT2D eigenvalue weighted by Crippen LogP contribution is -2.41. The molecule has 8 nitrogen and oxygen atoms in total. The molecule has 0 unspecified atom stereocenters. The number of hydrazine groups is 1. The molecule has 0 bridgehead atoms. The van der Waals surface area contributed by atoms with Crippen molar-refractivity contribution in [3.05, 3.63) is 93.7 Å². The zero-order valence-electron chi connectivity index (χ0n) is 17.4. The molecule has 0 aliphatic carbocycles. The molecular formula is C23H19Cl2N6O2+. The number of aromatic amines is 1. The van der Waals surface area contributed by atoms with Crippen LogP contribution in [0.2, 0.25) is 10.0 Å². The van der Waals surface area contributed by atoms with E-state index in [0.717, 1.165) is 5.56 Å². The maximum atomic E-state index is 13.4. The Morgan fingerprint density at radius 2 is 1.79 bits per heavy atom. The molecule has 33 heavy (non-hydrogen) atoms. The van der Waals surface area contributed by atoms with Crippen LogP contribution in [0.4, 0.5) is 5.69 Å². The van der Waals surface area contributed by atoms with E-state index in [1.165, 1.54) is 10.7 Å². The molecule has 0 spiro atoms. The number of halogens is 2. The van der Waals surface area contributed by atoms with Gasteiger partial charge in [-0.15, -0.1) is 4.68 Å². The first kappa shape index (κ1) is 22.5. The van der Waals surface area contributed by atoms with Crippen molar-refractivity contribution in [2.45, 2.75) is 6.92 Å². The molecule has 2 heterocycles. The summed E-state index contributed by atoms with van der Waals surface area (Å²) in [5, 5.41) is 6.68.